The van der Waals surface area contributed by atoms with Gasteiger partial charge in [-0.2, -0.15) is 0 Å². The highest BCUT2D eigenvalue weighted by molar-refractivity contribution is 5.38. The van der Waals surface area contributed by atoms with Crippen LogP contribution >= 0.6 is 0 Å². The minimum atomic E-state index is 0.811. The van der Waals surface area contributed by atoms with Crippen molar-refractivity contribution in [2.75, 3.05) is 0 Å². The molecule has 0 amide bonds. The molecule has 0 bridgehead atoms. The van der Waals surface area contributed by atoms with Crippen LogP contribution in [0.4, 0.5) is 0 Å². The molecule has 0 aliphatic rings. The number of hydrogen-bond acceptors (Lipinski definition) is 2. The molecule has 2 rings (SSSR count). The molecule has 1 heterocycles. The van der Waals surface area contributed by atoms with Gasteiger partial charge in [-0.1, -0.05) is 19.9 Å². The Morgan fingerprint density at radius 1 is 0.944 bits per heavy atom. The summed E-state index contributed by atoms with van der Waals surface area (Å²) in [4.78, 5) is 4.19. The fraction of sp³-hybridized carbons (Fsp3) is 0.312. The number of aromatic nitrogens is 1. The van der Waals surface area contributed by atoms with E-state index in [2.05, 4.69) is 24.9 Å². The number of benzene rings is 1. The number of rotatable bonds is 2. The number of nitrogens with zero attached hydrogens (tertiary/aromatic N) is 1. The summed E-state index contributed by atoms with van der Waals surface area (Å²) >= 11 is 0. The summed E-state index contributed by atoms with van der Waals surface area (Å²) in [5.41, 5.74) is 3.41. The molecule has 96 valence electrons. The summed E-state index contributed by atoms with van der Waals surface area (Å²) in [5, 5.41) is 0. The van der Waals surface area contributed by atoms with E-state index in [1.165, 1.54) is 11.1 Å². The lowest BCUT2D eigenvalue weighted by atomic mass is 10.1. The number of pyridine rings is 1. The molecule has 0 unspecified atom stereocenters. The van der Waals surface area contributed by atoms with Crippen molar-refractivity contribution >= 4 is 0 Å². The van der Waals surface area contributed by atoms with Crippen molar-refractivity contribution in [1.82, 2.24) is 4.98 Å². The van der Waals surface area contributed by atoms with Crippen molar-refractivity contribution < 1.29 is 4.74 Å². The largest absolute Gasteiger partial charge is 0.455 e. The third kappa shape index (κ3) is 3.59. The molecule has 0 radical (unpaired) electrons. The molecular weight excluding hydrogens is 222 g/mol. The Balaban J connectivity index is 0.000000771. The molecule has 1 aromatic heterocycles. The standard InChI is InChI=1S/C14H15NO.C2H6/c1-10-6-7-13(9-11(10)2)16-14-5-4-8-15-12(14)3;1-2/h4-9H,1-3H3;1-2H3. The van der Waals surface area contributed by atoms with Crippen LogP contribution in [0.2, 0.25) is 0 Å². The van der Waals surface area contributed by atoms with Crippen LogP contribution in [0, 0.1) is 20.8 Å². The number of aryl methyl sites for hydroxylation is 3. The Kier molecular flexibility index (Phi) is 5.37. The second kappa shape index (κ2) is 6.80. The minimum Gasteiger partial charge on any atom is -0.455 e. The summed E-state index contributed by atoms with van der Waals surface area (Å²) in [6, 6.07) is 9.90. The lowest BCUT2D eigenvalue weighted by Gasteiger charge is -2.09. The lowest BCUT2D eigenvalue weighted by molar-refractivity contribution is 0.475. The number of ether oxygens (including phenoxy) is 1. The monoisotopic (exact) mass is 243 g/mol. The average molecular weight is 243 g/mol. The van der Waals surface area contributed by atoms with Gasteiger partial charge in [-0.3, -0.25) is 4.98 Å². The molecule has 18 heavy (non-hydrogen) atoms. The normalized spacial score (nSPS) is 9.39. The summed E-state index contributed by atoms with van der Waals surface area (Å²) < 4.78 is 5.78. The fourth-order valence-corrected chi connectivity index (χ4v) is 1.48. The Labute approximate surface area is 110 Å². The van der Waals surface area contributed by atoms with E-state index >= 15 is 0 Å². The third-order valence-electron chi connectivity index (χ3n) is 2.66. The van der Waals surface area contributed by atoms with Gasteiger partial charge in [0.25, 0.3) is 0 Å². The van der Waals surface area contributed by atoms with Crippen LogP contribution in [-0.2, 0) is 0 Å². The zero-order chi connectivity index (χ0) is 13.5. The van der Waals surface area contributed by atoms with Crippen molar-refractivity contribution in [2.45, 2.75) is 34.6 Å². The van der Waals surface area contributed by atoms with Crippen LogP contribution in [0.5, 0.6) is 11.5 Å². The molecule has 0 spiro atoms. The van der Waals surface area contributed by atoms with E-state index in [0.29, 0.717) is 0 Å². The van der Waals surface area contributed by atoms with E-state index in [1.54, 1.807) is 6.20 Å². The Hall–Kier alpha value is -1.83. The first-order valence-corrected chi connectivity index (χ1v) is 6.33. The SMILES string of the molecule is CC.Cc1ccc(Oc2cccnc2C)cc1C. The van der Waals surface area contributed by atoms with Crippen molar-refractivity contribution in [1.29, 1.82) is 0 Å². The molecule has 2 aromatic rings. The molecule has 2 nitrogen and oxygen atoms in total. The zero-order valence-electron chi connectivity index (χ0n) is 11.8. The topological polar surface area (TPSA) is 22.1 Å². The quantitative estimate of drug-likeness (QED) is 0.754. The highest BCUT2D eigenvalue weighted by atomic mass is 16.5. The molecule has 0 aliphatic carbocycles. The average Bonchev–Trinajstić information content (AvgIpc) is 2.39. The lowest BCUT2D eigenvalue weighted by Crippen LogP contribution is -1.90. The molecule has 0 fully saturated rings. The van der Waals surface area contributed by atoms with Gasteiger partial charge in [-0.25, -0.2) is 0 Å². The van der Waals surface area contributed by atoms with Gasteiger partial charge in [0.05, 0.1) is 5.69 Å². The zero-order valence-corrected chi connectivity index (χ0v) is 11.8. The van der Waals surface area contributed by atoms with Gasteiger partial charge in [-0.05, 0) is 56.2 Å². The fourth-order valence-electron chi connectivity index (χ4n) is 1.48. The van der Waals surface area contributed by atoms with Crippen molar-refractivity contribution in [3.05, 3.63) is 53.3 Å². The summed E-state index contributed by atoms with van der Waals surface area (Å²) in [5.74, 6) is 1.67. The van der Waals surface area contributed by atoms with Gasteiger partial charge >= 0.3 is 0 Å². The van der Waals surface area contributed by atoms with Gasteiger partial charge in [-0.15, -0.1) is 0 Å². The van der Waals surface area contributed by atoms with E-state index in [4.69, 9.17) is 4.74 Å². The van der Waals surface area contributed by atoms with Crippen molar-refractivity contribution in [2.24, 2.45) is 0 Å². The van der Waals surface area contributed by atoms with Gasteiger partial charge in [0.15, 0.2) is 0 Å². The van der Waals surface area contributed by atoms with E-state index in [1.807, 2.05) is 45.0 Å². The van der Waals surface area contributed by atoms with Crippen LogP contribution in [-0.4, -0.2) is 4.98 Å². The van der Waals surface area contributed by atoms with E-state index < -0.39 is 0 Å². The maximum Gasteiger partial charge on any atom is 0.148 e. The van der Waals surface area contributed by atoms with Crippen LogP contribution in [0.25, 0.3) is 0 Å². The Morgan fingerprint density at radius 3 is 2.28 bits per heavy atom. The molecule has 0 N–H and O–H groups in total. The summed E-state index contributed by atoms with van der Waals surface area (Å²) in [6.07, 6.45) is 1.77. The highest BCUT2D eigenvalue weighted by Gasteiger charge is 2.02. The molecular formula is C16H21NO. The maximum atomic E-state index is 5.78. The highest BCUT2D eigenvalue weighted by Crippen LogP contribution is 2.24. The van der Waals surface area contributed by atoms with Gasteiger partial charge in [0.2, 0.25) is 0 Å². The van der Waals surface area contributed by atoms with E-state index in [0.717, 1.165) is 17.2 Å². The second-order valence-electron chi connectivity index (χ2n) is 3.94. The minimum absolute atomic E-state index is 0.811. The van der Waals surface area contributed by atoms with Crippen LogP contribution in [0.1, 0.15) is 30.7 Å². The maximum absolute atomic E-state index is 5.78. The Morgan fingerprint density at radius 2 is 1.67 bits per heavy atom. The predicted octanol–water partition coefficient (Wildman–Crippen LogP) is 4.83. The van der Waals surface area contributed by atoms with Gasteiger partial charge in [0.1, 0.15) is 11.5 Å². The first kappa shape index (κ1) is 14.2. The molecule has 1 aromatic carbocycles. The molecule has 0 saturated heterocycles. The summed E-state index contributed by atoms with van der Waals surface area (Å²) in [6.45, 7) is 10.1. The second-order valence-corrected chi connectivity index (χ2v) is 3.94. The van der Waals surface area contributed by atoms with Crippen molar-refractivity contribution in [3.8, 4) is 11.5 Å². The van der Waals surface area contributed by atoms with Gasteiger partial charge < -0.3 is 4.74 Å². The summed E-state index contributed by atoms with van der Waals surface area (Å²) in [7, 11) is 0. The first-order valence-electron chi connectivity index (χ1n) is 6.33. The van der Waals surface area contributed by atoms with Crippen LogP contribution in [0.15, 0.2) is 36.5 Å². The van der Waals surface area contributed by atoms with Gasteiger partial charge in [0, 0.05) is 6.20 Å². The van der Waals surface area contributed by atoms with Crippen molar-refractivity contribution in [3.63, 3.8) is 0 Å². The van der Waals surface area contributed by atoms with E-state index in [-0.39, 0.29) is 0 Å². The number of hydrogen-bond donors (Lipinski definition) is 0. The molecule has 2 heteroatoms. The van der Waals surface area contributed by atoms with E-state index in [9.17, 15) is 0 Å². The van der Waals surface area contributed by atoms with Crippen LogP contribution in [0.3, 0.4) is 0 Å². The first-order chi connectivity index (χ1) is 8.66. The van der Waals surface area contributed by atoms with Crippen LogP contribution < -0.4 is 4.74 Å². The Bertz CT molecular complexity index is 506. The third-order valence-corrected chi connectivity index (χ3v) is 2.66. The molecule has 0 aliphatic heterocycles. The molecule has 0 saturated carbocycles. The molecule has 0 atom stereocenters. The smallest absolute Gasteiger partial charge is 0.148 e. The predicted molar refractivity (Wildman–Crippen MR) is 76.3 cm³/mol.